The number of hydrogen-bond donors (Lipinski definition) is 1. The number of carbonyl (C=O) groups is 1. The maximum absolute atomic E-state index is 13.1. The van der Waals surface area contributed by atoms with Crippen molar-refractivity contribution in [1.82, 2.24) is 8.87 Å². The van der Waals surface area contributed by atoms with Gasteiger partial charge in [0.15, 0.2) is 5.58 Å². The molecule has 0 atom stereocenters. The molecule has 0 unspecified atom stereocenters. The highest BCUT2D eigenvalue weighted by atomic mass is 32.2. The molecule has 1 aliphatic heterocycles. The molecule has 0 bridgehead atoms. The molecule has 0 saturated carbocycles. The van der Waals surface area contributed by atoms with E-state index in [1.165, 1.54) is 27.1 Å². The van der Waals surface area contributed by atoms with Gasteiger partial charge >= 0.3 is 5.76 Å². The summed E-state index contributed by atoms with van der Waals surface area (Å²) in [7, 11) is -3.68. The lowest BCUT2D eigenvalue weighted by Gasteiger charge is -2.19. The maximum Gasteiger partial charge on any atom is 0.420 e. The number of oxazole rings is 1. The van der Waals surface area contributed by atoms with E-state index in [1.807, 2.05) is 36.4 Å². The Bertz CT molecular complexity index is 1520. The van der Waals surface area contributed by atoms with E-state index in [2.05, 4.69) is 5.32 Å². The van der Waals surface area contributed by atoms with E-state index >= 15 is 0 Å². The Morgan fingerprint density at radius 3 is 2.47 bits per heavy atom. The van der Waals surface area contributed by atoms with Crippen LogP contribution in [0.3, 0.4) is 0 Å². The molecule has 0 aliphatic carbocycles. The molecular weight excluding hydrogens is 454 g/mol. The zero-order valence-corrected chi connectivity index (χ0v) is 19.4. The van der Waals surface area contributed by atoms with E-state index in [9.17, 15) is 18.0 Å². The molecule has 8 nitrogen and oxygen atoms in total. The zero-order valence-electron chi connectivity index (χ0n) is 18.6. The Morgan fingerprint density at radius 1 is 0.941 bits per heavy atom. The minimum atomic E-state index is -3.68. The molecule has 1 fully saturated rings. The smallest absolute Gasteiger partial charge is 0.408 e. The van der Waals surface area contributed by atoms with Crippen molar-refractivity contribution in [2.24, 2.45) is 0 Å². The third kappa shape index (κ3) is 4.24. The number of carbonyl (C=O) groups excluding carboxylic acids is 1. The Balaban J connectivity index is 1.40. The van der Waals surface area contributed by atoms with E-state index in [4.69, 9.17) is 4.42 Å². The van der Waals surface area contributed by atoms with Gasteiger partial charge in [0.2, 0.25) is 15.9 Å². The summed E-state index contributed by atoms with van der Waals surface area (Å²) >= 11 is 0. The normalized spacial score (nSPS) is 15.4. The molecule has 1 N–H and O–H groups in total. The maximum atomic E-state index is 13.1. The van der Waals surface area contributed by atoms with Crippen LogP contribution in [0.4, 0.5) is 5.69 Å². The zero-order chi connectivity index (χ0) is 23.7. The number of nitrogens with one attached hydrogen (secondary N) is 1. The molecule has 3 aromatic carbocycles. The number of rotatable bonds is 5. The van der Waals surface area contributed by atoms with Gasteiger partial charge in [0.05, 0.1) is 10.4 Å². The second-order valence-electron chi connectivity index (χ2n) is 8.48. The Hall–Kier alpha value is -3.43. The van der Waals surface area contributed by atoms with Crippen molar-refractivity contribution in [3.8, 4) is 0 Å². The van der Waals surface area contributed by atoms with E-state index in [-0.39, 0.29) is 22.9 Å². The Kier molecular flexibility index (Phi) is 5.97. The SMILES string of the molecule is O=C(Cn1c(=O)oc2cc(S(=O)(=O)N3CCCCCC3)ccc21)Nc1cccc2ccccc12. The molecule has 0 radical (unpaired) electrons. The summed E-state index contributed by atoms with van der Waals surface area (Å²) in [6.07, 6.45) is 3.70. The minimum Gasteiger partial charge on any atom is -0.408 e. The van der Waals surface area contributed by atoms with E-state index in [0.717, 1.165) is 36.5 Å². The van der Waals surface area contributed by atoms with Gasteiger partial charge in [0.25, 0.3) is 0 Å². The van der Waals surface area contributed by atoms with Gasteiger partial charge in [0, 0.05) is 30.2 Å². The first-order chi connectivity index (χ1) is 16.4. The average molecular weight is 480 g/mol. The van der Waals surface area contributed by atoms with Gasteiger partial charge in [-0.2, -0.15) is 4.31 Å². The first-order valence-electron chi connectivity index (χ1n) is 11.3. The summed E-state index contributed by atoms with van der Waals surface area (Å²) in [5.41, 5.74) is 1.15. The topological polar surface area (TPSA) is 102 Å². The van der Waals surface area contributed by atoms with Crippen molar-refractivity contribution in [1.29, 1.82) is 0 Å². The minimum absolute atomic E-state index is 0.0861. The van der Waals surface area contributed by atoms with Crippen molar-refractivity contribution >= 4 is 43.5 Å². The second kappa shape index (κ2) is 9.08. The fraction of sp³-hybridized carbons (Fsp3) is 0.280. The number of sulfonamides is 1. The van der Waals surface area contributed by atoms with Crippen LogP contribution in [0.2, 0.25) is 0 Å². The number of hydrogen-bond acceptors (Lipinski definition) is 5. The van der Waals surface area contributed by atoms with Gasteiger partial charge in [-0.15, -0.1) is 0 Å². The summed E-state index contributed by atoms with van der Waals surface area (Å²) in [6, 6.07) is 17.7. The van der Waals surface area contributed by atoms with Gasteiger partial charge in [-0.25, -0.2) is 13.2 Å². The standard InChI is InChI=1S/C25H25N3O5S/c29-24(26-21-11-7-9-18-8-3-4-10-20(18)21)17-28-22-13-12-19(16-23(22)33-25(28)30)34(31,32)27-14-5-1-2-6-15-27/h3-4,7-13,16H,1-2,5-6,14-15,17H2,(H,26,29). The van der Waals surface area contributed by atoms with Gasteiger partial charge in [0.1, 0.15) is 6.54 Å². The molecule has 1 aliphatic rings. The molecule has 1 aromatic heterocycles. The van der Waals surface area contributed by atoms with Crippen LogP contribution >= 0.6 is 0 Å². The molecule has 1 amide bonds. The third-order valence-corrected chi connectivity index (χ3v) is 8.10. The summed E-state index contributed by atoms with van der Waals surface area (Å²) in [5.74, 6) is -1.10. The number of nitrogens with zero attached hydrogens (tertiary/aromatic N) is 2. The molecule has 0 spiro atoms. The van der Waals surface area contributed by atoms with Crippen LogP contribution in [0.5, 0.6) is 0 Å². The number of amides is 1. The molecule has 2 heterocycles. The lowest BCUT2D eigenvalue weighted by Crippen LogP contribution is -2.31. The molecule has 176 valence electrons. The molecule has 9 heteroatoms. The number of aromatic nitrogens is 1. The highest BCUT2D eigenvalue weighted by Gasteiger charge is 2.26. The first-order valence-corrected chi connectivity index (χ1v) is 12.8. The van der Waals surface area contributed by atoms with Crippen molar-refractivity contribution < 1.29 is 17.6 Å². The van der Waals surface area contributed by atoms with Crippen LogP contribution in [-0.2, 0) is 21.4 Å². The number of benzene rings is 3. The third-order valence-electron chi connectivity index (χ3n) is 6.21. The quantitative estimate of drug-likeness (QED) is 0.467. The van der Waals surface area contributed by atoms with Crippen LogP contribution in [-0.4, -0.2) is 36.3 Å². The van der Waals surface area contributed by atoms with E-state index in [0.29, 0.717) is 24.3 Å². The lowest BCUT2D eigenvalue weighted by molar-refractivity contribution is -0.116. The molecule has 5 rings (SSSR count). The van der Waals surface area contributed by atoms with Crippen molar-refractivity contribution in [2.75, 3.05) is 18.4 Å². The summed E-state index contributed by atoms with van der Waals surface area (Å²) < 4.78 is 34.2. The summed E-state index contributed by atoms with van der Waals surface area (Å²) in [4.78, 5) is 25.4. The van der Waals surface area contributed by atoms with Crippen molar-refractivity contribution in [2.45, 2.75) is 37.1 Å². The van der Waals surface area contributed by atoms with Crippen LogP contribution < -0.4 is 11.1 Å². The highest BCUT2D eigenvalue weighted by molar-refractivity contribution is 7.89. The Morgan fingerprint density at radius 2 is 1.68 bits per heavy atom. The largest absolute Gasteiger partial charge is 0.420 e. The van der Waals surface area contributed by atoms with Gasteiger partial charge < -0.3 is 9.73 Å². The first kappa shape index (κ1) is 22.4. The molecule has 1 saturated heterocycles. The Labute approximate surface area is 196 Å². The second-order valence-corrected chi connectivity index (χ2v) is 10.4. The van der Waals surface area contributed by atoms with Crippen LogP contribution in [0.15, 0.2) is 74.8 Å². The van der Waals surface area contributed by atoms with Crippen LogP contribution in [0, 0.1) is 0 Å². The monoisotopic (exact) mass is 479 g/mol. The predicted octanol–water partition coefficient (Wildman–Crippen LogP) is 3.95. The molecule has 34 heavy (non-hydrogen) atoms. The number of anilines is 1. The number of fused-ring (bicyclic) bond motifs is 2. The molecule has 4 aromatic rings. The molecular formula is C25H25N3O5S. The van der Waals surface area contributed by atoms with E-state index < -0.39 is 15.8 Å². The fourth-order valence-electron chi connectivity index (χ4n) is 4.46. The average Bonchev–Trinajstić information content (AvgIpc) is 2.99. The van der Waals surface area contributed by atoms with Gasteiger partial charge in [-0.1, -0.05) is 49.2 Å². The van der Waals surface area contributed by atoms with Gasteiger partial charge in [-0.3, -0.25) is 9.36 Å². The van der Waals surface area contributed by atoms with Crippen LogP contribution in [0.25, 0.3) is 21.9 Å². The summed E-state index contributed by atoms with van der Waals surface area (Å²) in [5, 5.41) is 4.74. The predicted molar refractivity (Wildman–Crippen MR) is 130 cm³/mol. The summed E-state index contributed by atoms with van der Waals surface area (Å²) in [6.45, 7) is 0.715. The van der Waals surface area contributed by atoms with Crippen molar-refractivity contribution in [3.05, 3.63) is 71.2 Å². The van der Waals surface area contributed by atoms with Crippen molar-refractivity contribution in [3.63, 3.8) is 0 Å². The fourth-order valence-corrected chi connectivity index (χ4v) is 5.99. The lowest BCUT2D eigenvalue weighted by atomic mass is 10.1. The van der Waals surface area contributed by atoms with Crippen LogP contribution in [0.1, 0.15) is 25.7 Å². The highest BCUT2D eigenvalue weighted by Crippen LogP contribution is 2.25. The van der Waals surface area contributed by atoms with Gasteiger partial charge in [-0.05, 0) is 36.4 Å². The van der Waals surface area contributed by atoms with E-state index in [1.54, 1.807) is 6.07 Å².